The van der Waals surface area contributed by atoms with Crippen molar-refractivity contribution in [1.29, 1.82) is 0 Å². The van der Waals surface area contributed by atoms with Crippen molar-refractivity contribution in [1.82, 2.24) is 24.9 Å². The SMILES string of the molecule is OC1CCC(Nc2nc(Nc3ccc(C#Cc4cc(-c5ccncc5)ccn4)cc3)ncc2-c2ccccn2)CC1. The first-order valence-electron chi connectivity index (χ1n) is 13.7. The topological polar surface area (TPSA) is 109 Å². The van der Waals surface area contributed by atoms with Crippen LogP contribution in [0.2, 0.25) is 0 Å². The lowest BCUT2D eigenvalue weighted by Crippen LogP contribution is -2.29. The predicted molar refractivity (Wildman–Crippen MR) is 160 cm³/mol. The molecule has 41 heavy (non-hydrogen) atoms. The van der Waals surface area contributed by atoms with E-state index in [1.165, 1.54) is 0 Å². The van der Waals surface area contributed by atoms with Crippen LogP contribution in [0, 0.1) is 11.8 Å². The van der Waals surface area contributed by atoms with Crippen molar-refractivity contribution in [3.05, 3.63) is 109 Å². The quantitative estimate of drug-likeness (QED) is 0.231. The summed E-state index contributed by atoms with van der Waals surface area (Å²) in [6.07, 6.45) is 12.0. The van der Waals surface area contributed by atoms with Gasteiger partial charge in [0, 0.05) is 48.3 Å². The molecule has 4 heterocycles. The Labute approximate surface area is 239 Å². The third-order valence-electron chi connectivity index (χ3n) is 7.02. The van der Waals surface area contributed by atoms with E-state index >= 15 is 0 Å². The molecule has 1 aliphatic rings. The molecule has 0 bridgehead atoms. The molecular weight excluding hydrogens is 510 g/mol. The maximum Gasteiger partial charge on any atom is 0.229 e. The lowest BCUT2D eigenvalue weighted by atomic mass is 9.93. The van der Waals surface area contributed by atoms with Gasteiger partial charge in [-0.15, -0.1) is 0 Å². The zero-order valence-corrected chi connectivity index (χ0v) is 22.4. The Morgan fingerprint density at radius 2 is 1.56 bits per heavy atom. The third kappa shape index (κ3) is 6.72. The van der Waals surface area contributed by atoms with E-state index in [-0.39, 0.29) is 12.1 Å². The van der Waals surface area contributed by atoms with Gasteiger partial charge in [0.25, 0.3) is 0 Å². The minimum atomic E-state index is -0.216. The van der Waals surface area contributed by atoms with Crippen LogP contribution >= 0.6 is 0 Å². The predicted octanol–water partition coefficient (Wildman–Crippen LogP) is 5.85. The van der Waals surface area contributed by atoms with E-state index in [2.05, 4.69) is 42.4 Å². The number of hydrogen-bond donors (Lipinski definition) is 3. The van der Waals surface area contributed by atoms with Crippen molar-refractivity contribution in [3.63, 3.8) is 0 Å². The van der Waals surface area contributed by atoms with Crippen LogP contribution in [0.15, 0.2) is 97.7 Å². The summed E-state index contributed by atoms with van der Waals surface area (Å²) in [4.78, 5) is 22.4. The lowest BCUT2D eigenvalue weighted by Gasteiger charge is -2.27. The number of pyridine rings is 3. The van der Waals surface area contributed by atoms with Crippen LogP contribution in [0.25, 0.3) is 22.4 Å². The summed E-state index contributed by atoms with van der Waals surface area (Å²) in [5.41, 5.74) is 6.21. The minimum Gasteiger partial charge on any atom is -0.393 e. The Morgan fingerprint density at radius 3 is 2.34 bits per heavy atom. The van der Waals surface area contributed by atoms with E-state index in [0.29, 0.717) is 11.6 Å². The van der Waals surface area contributed by atoms with Gasteiger partial charge < -0.3 is 15.7 Å². The summed E-state index contributed by atoms with van der Waals surface area (Å²) in [7, 11) is 0. The van der Waals surface area contributed by atoms with Crippen LogP contribution in [-0.2, 0) is 0 Å². The molecule has 1 fully saturated rings. The highest BCUT2D eigenvalue weighted by molar-refractivity contribution is 5.73. The molecule has 1 aliphatic carbocycles. The van der Waals surface area contributed by atoms with Gasteiger partial charge >= 0.3 is 0 Å². The van der Waals surface area contributed by atoms with Crippen LogP contribution in [0.4, 0.5) is 17.5 Å². The second-order valence-corrected chi connectivity index (χ2v) is 9.94. The second kappa shape index (κ2) is 12.4. The van der Waals surface area contributed by atoms with Crippen molar-refractivity contribution < 1.29 is 5.11 Å². The molecule has 0 unspecified atom stereocenters. The normalized spacial score (nSPS) is 16.3. The molecule has 8 nitrogen and oxygen atoms in total. The van der Waals surface area contributed by atoms with Crippen molar-refractivity contribution in [3.8, 4) is 34.2 Å². The number of hydrogen-bond acceptors (Lipinski definition) is 8. The van der Waals surface area contributed by atoms with Crippen molar-refractivity contribution in [2.45, 2.75) is 37.8 Å². The monoisotopic (exact) mass is 539 g/mol. The number of nitrogens with one attached hydrogen (secondary N) is 2. The molecule has 4 aromatic heterocycles. The molecule has 202 valence electrons. The molecule has 5 aromatic rings. The highest BCUT2D eigenvalue weighted by atomic mass is 16.3. The molecule has 0 atom stereocenters. The van der Waals surface area contributed by atoms with Gasteiger partial charge in [0.05, 0.1) is 17.4 Å². The molecule has 1 aromatic carbocycles. The van der Waals surface area contributed by atoms with E-state index < -0.39 is 0 Å². The number of anilines is 3. The zero-order valence-electron chi connectivity index (χ0n) is 22.4. The standard InChI is InChI=1S/C33H29N7O/c41-29-12-10-26(11-13-29)38-32-30(31-3-1-2-17-36-31)22-37-33(40-32)39-27-7-4-23(5-8-27)6-9-28-21-25(16-20-35-28)24-14-18-34-19-15-24/h1-5,7-8,14-22,26,29,41H,10-13H2,(H2,37,38,39,40). The van der Waals surface area contributed by atoms with E-state index in [9.17, 15) is 5.11 Å². The fourth-order valence-corrected chi connectivity index (χ4v) is 4.80. The van der Waals surface area contributed by atoms with Crippen molar-refractivity contribution in [2.24, 2.45) is 0 Å². The van der Waals surface area contributed by atoms with Gasteiger partial charge in [-0.05, 0) is 103 Å². The Morgan fingerprint density at radius 1 is 0.756 bits per heavy atom. The van der Waals surface area contributed by atoms with Crippen LogP contribution in [0.3, 0.4) is 0 Å². The number of benzene rings is 1. The van der Waals surface area contributed by atoms with Crippen LogP contribution in [-0.4, -0.2) is 42.2 Å². The van der Waals surface area contributed by atoms with E-state index in [1.807, 2.05) is 66.7 Å². The first-order chi connectivity index (χ1) is 20.2. The average molecular weight is 540 g/mol. The molecular formula is C33H29N7O. The number of rotatable bonds is 6. The van der Waals surface area contributed by atoms with Gasteiger partial charge in [0.15, 0.2) is 0 Å². The Hall–Kier alpha value is -5.13. The van der Waals surface area contributed by atoms with Crippen LogP contribution < -0.4 is 10.6 Å². The maximum absolute atomic E-state index is 9.91. The second-order valence-electron chi connectivity index (χ2n) is 9.94. The molecule has 3 N–H and O–H groups in total. The number of aromatic nitrogens is 5. The highest BCUT2D eigenvalue weighted by Gasteiger charge is 2.21. The van der Waals surface area contributed by atoms with Gasteiger partial charge in [-0.1, -0.05) is 12.0 Å². The number of nitrogens with zero attached hydrogens (tertiary/aromatic N) is 5. The summed E-state index contributed by atoms with van der Waals surface area (Å²) in [6, 6.07) is 21.7. The zero-order chi connectivity index (χ0) is 27.9. The van der Waals surface area contributed by atoms with Gasteiger partial charge in [-0.2, -0.15) is 4.98 Å². The lowest BCUT2D eigenvalue weighted by molar-refractivity contribution is 0.126. The van der Waals surface area contributed by atoms with E-state index in [1.54, 1.807) is 31.0 Å². The molecule has 0 saturated heterocycles. The van der Waals surface area contributed by atoms with Gasteiger partial charge in [0.2, 0.25) is 5.95 Å². The first kappa shape index (κ1) is 26.1. The smallest absolute Gasteiger partial charge is 0.229 e. The summed E-state index contributed by atoms with van der Waals surface area (Å²) in [5, 5.41) is 16.8. The number of aliphatic hydroxyl groups is 1. The highest BCUT2D eigenvalue weighted by Crippen LogP contribution is 2.29. The molecule has 8 heteroatoms. The molecule has 1 saturated carbocycles. The molecule has 0 spiro atoms. The molecule has 6 rings (SSSR count). The molecule has 0 aliphatic heterocycles. The van der Waals surface area contributed by atoms with Crippen molar-refractivity contribution in [2.75, 3.05) is 10.6 Å². The van der Waals surface area contributed by atoms with Gasteiger partial charge in [-0.25, -0.2) is 9.97 Å². The first-order valence-corrected chi connectivity index (χ1v) is 13.7. The van der Waals surface area contributed by atoms with Crippen molar-refractivity contribution >= 4 is 17.5 Å². The third-order valence-corrected chi connectivity index (χ3v) is 7.02. The van der Waals surface area contributed by atoms with Crippen LogP contribution in [0.5, 0.6) is 0 Å². The maximum atomic E-state index is 9.91. The fraction of sp³-hybridized carbons (Fsp3) is 0.182. The fourth-order valence-electron chi connectivity index (χ4n) is 4.80. The van der Waals surface area contributed by atoms with E-state index in [4.69, 9.17) is 4.98 Å². The minimum absolute atomic E-state index is 0.216. The largest absolute Gasteiger partial charge is 0.393 e. The summed E-state index contributed by atoms with van der Waals surface area (Å²) < 4.78 is 0. The number of aliphatic hydroxyl groups excluding tert-OH is 1. The Balaban J connectivity index is 1.18. The van der Waals surface area contributed by atoms with Gasteiger partial charge in [-0.3, -0.25) is 9.97 Å². The molecule has 0 amide bonds. The summed E-state index contributed by atoms with van der Waals surface area (Å²) >= 11 is 0. The molecule has 0 radical (unpaired) electrons. The summed E-state index contributed by atoms with van der Waals surface area (Å²) in [6.45, 7) is 0. The Bertz CT molecular complexity index is 1660. The Kier molecular flexibility index (Phi) is 7.88. The van der Waals surface area contributed by atoms with Gasteiger partial charge in [0.1, 0.15) is 11.5 Å². The van der Waals surface area contributed by atoms with Crippen LogP contribution in [0.1, 0.15) is 36.9 Å². The average Bonchev–Trinajstić information content (AvgIpc) is 3.03. The van der Waals surface area contributed by atoms with E-state index in [0.717, 1.165) is 65.1 Å². The summed E-state index contributed by atoms with van der Waals surface area (Å²) in [5.74, 6) is 7.57.